The molecule has 2 aromatic rings. The normalized spacial score (nSPS) is 28.7. The van der Waals surface area contributed by atoms with Crippen LogP contribution in [-0.2, 0) is 22.9 Å². The molecule has 105 heavy (non-hydrogen) atoms. The summed E-state index contributed by atoms with van der Waals surface area (Å²) in [6.45, 7) is 28.9. The number of allylic oxidation sites excluding steroid dienone is 12. The van der Waals surface area contributed by atoms with Crippen LogP contribution in [0, 0.1) is 33.5 Å². The molecule has 1 saturated heterocycles. The summed E-state index contributed by atoms with van der Waals surface area (Å²) in [5.74, 6) is 0.236. The number of ketones is 1. The highest BCUT2D eigenvalue weighted by molar-refractivity contribution is 7.78. The van der Waals surface area contributed by atoms with Crippen LogP contribution >= 0.6 is 7.14 Å². The molecule has 2 aromatic carbocycles. The summed E-state index contributed by atoms with van der Waals surface area (Å²) in [5, 5.41) is 21.1. The standard InChI is InChI=1S/C28H33F7O2.C27H36FO2PSi.C22H30F6O2Si.C4H8O/c1-17-19(15-20(36)16-22(17)29)7-6-18-5-3-10-24(2)21(18)8-9-23(24)25(13-14-25)11-4-12-26(37,27(30,31)32)28(33,34)35;1-21-22(19-23(20-26(21)28)30-32(5,6)27(2,3)4)17-18-31(29,24-13-9-7-10-14-24)25-15-11-8-12-16-25;1-18-10-5-7-16(29)15(18)8-9-17(18)19(13-14-19)11-6-12-20(21(23,24)25,22(26,27)28)30-31(2,3)4;1-2-4-5-3-1/h4,6-7,9,12,20-22,36-37H,1,3,5,8,10-11,13-16H2,2H3;7-17,23,26H,1,18-20H2,2-6H3;6,9,12,15H,5,7-8,10-11,13-14H2,1-4H3;1-4H2/b12-4-,18-6+,19-7-;22-17-;12-6-;/t20?,21?,22-,24-;23-,26+;15?,18-;/m010./s1. The Balaban J connectivity index is 0.000000193. The first-order chi connectivity index (χ1) is 48.5. The minimum Gasteiger partial charge on any atom is -0.413 e. The Morgan fingerprint density at radius 2 is 1.09 bits per heavy atom. The highest BCUT2D eigenvalue weighted by Crippen LogP contribution is 2.69. The van der Waals surface area contributed by atoms with Crippen molar-refractivity contribution in [3.05, 3.63) is 168 Å². The second kappa shape index (κ2) is 32.3. The third kappa shape index (κ3) is 19.2. The first kappa shape index (κ1) is 85.9. The van der Waals surface area contributed by atoms with Crippen molar-refractivity contribution in [2.75, 3.05) is 19.4 Å². The number of aliphatic hydroxyl groups is 2. The predicted octanol–water partition coefficient (Wildman–Crippen LogP) is 22.5. The number of rotatable bonds is 17. The Bertz CT molecular complexity index is 3590. The maximum absolute atomic E-state index is 14.9. The van der Waals surface area contributed by atoms with Crippen LogP contribution in [0.5, 0.6) is 0 Å². The van der Waals surface area contributed by atoms with Crippen molar-refractivity contribution < 1.29 is 94.6 Å². The first-order valence-corrected chi connectivity index (χ1v) is 45.1. The van der Waals surface area contributed by atoms with Gasteiger partial charge in [-0.15, -0.1) is 0 Å². The number of carbonyl (C=O) groups is 1. The molecule has 584 valence electrons. The fraction of sp³-hybridized carbons (Fsp3) is 0.617. The average molecular weight is 1550 g/mol. The van der Waals surface area contributed by atoms with Gasteiger partial charge >= 0.3 is 24.7 Å². The summed E-state index contributed by atoms with van der Waals surface area (Å²) in [5.41, 5.74) is -5.01. The summed E-state index contributed by atoms with van der Waals surface area (Å²) in [6.07, 6.45) is -1.43. The molecule has 6 saturated carbocycles. The molecule has 8 aliphatic carbocycles. The van der Waals surface area contributed by atoms with E-state index in [0.29, 0.717) is 80.7 Å². The molecule has 24 heteroatoms. The molecule has 8 atom stereocenters. The number of benzene rings is 2. The second-order valence-electron chi connectivity index (χ2n) is 33.4. The largest absolute Gasteiger partial charge is 0.429 e. The zero-order valence-corrected chi connectivity index (χ0v) is 65.2. The van der Waals surface area contributed by atoms with Gasteiger partial charge in [0.2, 0.25) is 0 Å². The third-order valence-corrected chi connectivity index (χ3v) is 32.2. The summed E-state index contributed by atoms with van der Waals surface area (Å²) in [7, 11) is -8.11. The van der Waals surface area contributed by atoms with Crippen molar-refractivity contribution in [1.29, 1.82) is 0 Å². The summed E-state index contributed by atoms with van der Waals surface area (Å²) < 4.78 is 220. The number of fused-ring (bicyclic) bond motifs is 2. The molecule has 1 heterocycles. The molecule has 2 N–H and O–H groups in total. The molecule has 3 unspecified atom stereocenters. The van der Waals surface area contributed by atoms with Crippen molar-refractivity contribution in [2.24, 2.45) is 33.5 Å². The van der Waals surface area contributed by atoms with Gasteiger partial charge in [-0.3, -0.25) is 4.79 Å². The fourth-order valence-corrected chi connectivity index (χ4v) is 21.6. The van der Waals surface area contributed by atoms with Gasteiger partial charge in [-0.1, -0.05) is 168 Å². The number of hydrogen-bond acceptors (Lipinski definition) is 7. The molecule has 11 rings (SSSR count). The molecule has 7 nitrogen and oxygen atoms in total. The van der Waals surface area contributed by atoms with Crippen LogP contribution in [0.25, 0.3) is 0 Å². The Morgan fingerprint density at radius 1 is 0.619 bits per heavy atom. The smallest absolute Gasteiger partial charge is 0.413 e. The number of Topliss-reactive ketones (excluding diaryl/α,β-unsaturated/α-hetero) is 1. The zero-order valence-electron chi connectivity index (χ0n) is 62.3. The van der Waals surface area contributed by atoms with Crippen LogP contribution in [0.15, 0.2) is 168 Å². The SMILES string of the molecule is C1CCOC1.C=C1/C(=C\C=C2/CCC[C@]3(C)C(C4(C/C=C\C(O)(C(F)(F)F)C(F)(F)F)CC4)=CCC23)CC(O)C[C@@H]1F.C=C1/C(=C\CP(=O)(c2ccccc2)c2ccccc2)C[C@@H](O[Si](C)(C)C(C)(C)C)C[C@@H]1F.C[C@]12CCCC(=O)C1CC=C2C1(C/C=C\C(O[Si](C)(C)C)(C(F)(F)F)C(F)(F)F)CC1. The molecule has 7 fully saturated rings. The van der Waals surface area contributed by atoms with Gasteiger partial charge in [0.25, 0.3) is 11.2 Å². The zero-order chi connectivity index (χ0) is 78.1. The predicted molar refractivity (Wildman–Crippen MR) is 392 cm³/mol. The van der Waals surface area contributed by atoms with Gasteiger partial charge in [-0.05, 0) is 209 Å². The van der Waals surface area contributed by atoms with Gasteiger partial charge in [0.1, 0.15) is 25.3 Å². The highest BCUT2D eigenvalue weighted by atomic mass is 31.2. The fourth-order valence-electron chi connectivity index (χ4n) is 16.5. The molecular formula is C81H107F14O7PSi2. The maximum atomic E-state index is 14.9. The number of alkyl halides is 14. The van der Waals surface area contributed by atoms with Crippen LogP contribution in [0.4, 0.5) is 61.5 Å². The van der Waals surface area contributed by atoms with Crippen molar-refractivity contribution in [1.82, 2.24) is 0 Å². The Labute approximate surface area is 613 Å². The molecule has 0 aromatic heterocycles. The highest BCUT2D eigenvalue weighted by Gasteiger charge is 2.72. The van der Waals surface area contributed by atoms with Gasteiger partial charge in [0.15, 0.2) is 16.6 Å². The molecule has 0 radical (unpaired) electrons. The van der Waals surface area contributed by atoms with E-state index in [2.05, 4.69) is 60.0 Å². The molecule has 9 aliphatic rings. The molecule has 0 spiro atoms. The molecule has 0 amide bonds. The lowest BCUT2D eigenvalue weighted by Gasteiger charge is -2.43. The molecule has 1 aliphatic heterocycles. The van der Waals surface area contributed by atoms with E-state index in [9.17, 15) is 81.0 Å². The van der Waals surface area contributed by atoms with Gasteiger partial charge in [-0.25, -0.2) is 8.78 Å². The first-order valence-electron chi connectivity index (χ1n) is 36.8. The molecular weight excluding hydrogens is 1440 g/mol. The number of ether oxygens (including phenoxy) is 1. The second-order valence-corrected chi connectivity index (χ2v) is 45.5. The topological polar surface area (TPSA) is 102 Å². The van der Waals surface area contributed by atoms with E-state index in [1.54, 1.807) is 0 Å². The van der Waals surface area contributed by atoms with Gasteiger partial charge in [-0.2, -0.15) is 52.7 Å². The van der Waals surface area contributed by atoms with Crippen LogP contribution < -0.4 is 10.6 Å². The Kier molecular flexibility index (Phi) is 26.4. The van der Waals surface area contributed by atoms with Gasteiger partial charge < -0.3 is 28.4 Å². The number of aliphatic hydroxyl groups excluding tert-OH is 1. The van der Waals surface area contributed by atoms with Crippen LogP contribution in [0.2, 0.25) is 37.8 Å². The van der Waals surface area contributed by atoms with E-state index >= 15 is 0 Å². The van der Waals surface area contributed by atoms with Gasteiger partial charge in [0.05, 0.1) is 12.2 Å². The van der Waals surface area contributed by atoms with Gasteiger partial charge in [0, 0.05) is 55.2 Å². The number of hydrogen-bond donors (Lipinski definition) is 2. The van der Waals surface area contributed by atoms with E-state index in [0.717, 1.165) is 91.2 Å². The van der Waals surface area contributed by atoms with Crippen molar-refractivity contribution in [2.45, 2.75) is 261 Å². The Morgan fingerprint density at radius 3 is 1.54 bits per heavy atom. The third-order valence-electron chi connectivity index (χ3n) is 23.7. The lowest BCUT2D eigenvalue weighted by molar-refractivity contribution is -0.347. The van der Waals surface area contributed by atoms with Crippen LogP contribution in [-0.4, -0.2) is 112 Å². The summed E-state index contributed by atoms with van der Waals surface area (Å²) >= 11 is 0. The van der Waals surface area contributed by atoms with Crippen LogP contribution in [0.1, 0.15) is 163 Å². The lowest BCUT2D eigenvalue weighted by atomic mass is 9.61. The van der Waals surface area contributed by atoms with Crippen molar-refractivity contribution in [3.8, 4) is 0 Å². The average Bonchev–Trinajstić information content (AvgIpc) is 1.56. The van der Waals surface area contributed by atoms with Crippen molar-refractivity contribution in [3.63, 3.8) is 0 Å². The van der Waals surface area contributed by atoms with Crippen LogP contribution in [0.3, 0.4) is 0 Å². The van der Waals surface area contributed by atoms with E-state index in [-0.39, 0.29) is 71.0 Å². The summed E-state index contributed by atoms with van der Waals surface area (Å²) in [6, 6.07) is 19.2. The number of carbonyl (C=O) groups excluding carboxylic acids is 1. The number of halogens is 14. The Hall–Kier alpha value is -4.75. The quantitative estimate of drug-likeness (QED) is 0.0704. The minimum atomic E-state index is -5.87. The molecule has 0 bridgehead atoms. The summed E-state index contributed by atoms with van der Waals surface area (Å²) in [4.78, 5) is 12.4. The lowest BCUT2D eigenvalue weighted by Crippen LogP contribution is -2.61. The van der Waals surface area contributed by atoms with E-state index in [1.807, 2.05) is 91.9 Å². The van der Waals surface area contributed by atoms with E-state index in [4.69, 9.17) is 13.6 Å². The minimum absolute atomic E-state index is 0.00564. The van der Waals surface area contributed by atoms with Crippen molar-refractivity contribution >= 4 is 40.2 Å². The van der Waals surface area contributed by atoms with E-state index in [1.165, 1.54) is 38.1 Å². The van der Waals surface area contributed by atoms with E-state index < -0.39 is 89.0 Å². The maximum Gasteiger partial charge on any atom is 0.429 e. The monoisotopic (exact) mass is 1540 g/mol.